The molecule has 168 valence electrons. The van der Waals surface area contributed by atoms with Crippen molar-refractivity contribution in [2.24, 2.45) is 5.92 Å². The Morgan fingerprint density at radius 2 is 2.00 bits per heavy atom. The number of benzene rings is 1. The fourth-order valence-corrected chi connectivity index (χ4v) is 5.57. The minimum atomic E-state index is -0.225. The molecule has 8 nitrogen and oxygen atoms in total. The van der Waals surface area contributed by atoms with Gasteiger partial charge in [0, 0.05) is 31.2 Å². The number of carbonyl (C=O) groups is 1. The standard InChI is InChI=1S/C24H29N5O3/c1-15-21(16(2)31-27-15)10-22(30)26-20-9-19-13-29(12-18-7-5-4-6-8-18)14-24(19,11-20)23-25-17(3)28-32-23/h4-8,19-20H,9-14H2,1-3H3,(H,26,30). The van der Waals surface area contributed by atoms with E-state index in [2.05, 4.69) is 49.8 Å². The van der Waals surface area contributed by atoms with E-state index < -0.39 is 0 Å². The average Bonchev–Trinajstić information content (AvgIpc) is 3.49. The zero-order valence-corrected chi connectivity index (χ0v) is 18.8. The minimum absolute atomic E-state index is 0.00220. The molecule has 3 unspecified atom stereocenters. The zero-order valence-electron chi connectivity index (χ0n) is 18.8. The largest absolute Gasteiger partial charge is 0.361 e. The number of nitrogens with zero attached hydrogens (tertiary/aromatic N) is 4. The van der Waals surface area contributed by atoms with Crippen molar-refractivity contribution in [3.63, 3.8) is 0 Å². The van der Waals surface area contributed by atoms with Gasteiger partial charge in [0.1, 0.15) is 5.76 Å². The van der Waals surface area contributed by atoms with Crippen LogP contribution in [-0.4, -0.2) is 45.2 Å². The molecule has 1 aliphatic carbocycles. The molecular weight excluding hydrogens is 406 g/mol. The molecule has 0 spiro atoms. The van der Waals surface area contributed by atoms with Gasteiger partial charge in [-0.3, -0.25) is 9.69 Å². The van der Waals surface area contributed by atoms with Crippen molar-refractivity contribution in [3.8, 4) is 0 Å². The van der Waals surface area contributed by atoms with Crippen LogP contribution in [0, 0.1) is 26.7 Å². The van der Waals surface area contributed by atoms with Gasteiger partial charge in [-0.25, -0.2) is 0 Å². The number of amides is 1. The lowest BCUT2D eigenvalue weighted by molar-refractivity contribution is -0.121. The maximum Gasteiger partial charge on any atom is 0.234 e. The van der Waals surface area contributed by atoms with E-state index in [1.54, 1.807) is 0 Å². The third-order valence-electron chi connectivity index (χ3n) is 7.03. The lowest BCUT2D eigenvalue weighted by Crippen LogP contribution is -2.38. The number of likely N-dealkylation sites (tertiary alicyclic amines) is 1. The highest BCUT2D eigenvalue weighted by Gasteiger charge is 2.57. The molecule has 2 aromatic heterocycles. The Hall–Kier alpha value is -3.00. The molecule has 2 aliphatic rings. The molecule has 8 heteroatoms. The minimum Gasteiger partial charge on any atom is -0.361 e. The van der Waals surface area contributed by atoms with Crippen LogP contribution in [-0.2, 0) is 23.2 Å². The fraction of sp³-hybridized carbons (Fsp3) is 0.500. The SMILES string of the molecule is Cc1noc(C23CC(NC(=O)Cc4c(C)noc4C)CC2CN(Cc2ccccc2)C3)n1. The van der Waals surface area contributed by atoms with Gasteiger partial charge in [-0.1, -0.05) is 40.6 Å². The topological polar surface area (TPSA) is 97.3 Å². The van der Waals surface area contributed by atoms with E-state index in [1.807, 2.05) is 26.8 Å². The Balaban J connectivity index is 1.31. The second-order valence-electron chi connectivity index (χ2n) is 9.34. The molecule has 2 fully saturated rings. The lowest BCUT2D eigenvalue weighted by atomic mass is 9.80. The number of fused-ring (bicyclic) bond motifs is 1. The highest BCUT2D eigenvalue weighted by Crippen LogP contribution is 2.50. The smallest absolute Gasteiger partial charge is 0.234 e. The normalized spacial score (nSPS) is 25.2. The molecule has 5 rings (SSSR count). The maximum absolute atomic E-state index is 12.8. The molecule has 3 heterocycles. The quantitative estimate of drug-likeness (QED) is 0.636. The van der Waals surface area contributed by atoms with Crippen molar-refractivity contribution in [2.45, 2.75) is 58.0 Å². The third-order valence-corrected chi connectivity index (χ3v) is 7.03. The van der Waals surface area contributed by atoms with E-state index in [0.29, 0.717) is 23.4 Å². The van der Waals surface area contributed by atoms with Crippen LogP contribution in [0.2, 0.25) is 0 Å². The lowest BCUT2D eigenvalue weighted by Gasteiger charge is -2.25. The van der Waals surface area contributed by atoms with Crippen LogP contribution in [0.3, 0.4) is 0 Å². The predicted octanol–water partition coefficient (Wildman–Crippen LogP) is 2.87. The Labute approximate surface area is 187 Å². The molecule has 1 aliphatic heterocycles. The average molecular weight is 436 g/mol. The van der Waals surface area contributed by atoms with Gasteiger partial charge in [-0.15, -0.1) is 0 Å². The van der Waals surface area contributed by atoms with Crippen molar-refractivity contribution in [2.75, 3.05) is 13.1 Å². The summed E-state index contributed by atoms with van der Waals surface area (Å²) in [6.45, 7) is 8.27. The maximum atomic E-state index is 12.8. The first-order valence-electron chi connectivity index (χ1n) is 11.2. The van der Waals surface area contributed by atoms with E-state index in [9.17, 15) is 4.79 Å². The highest BCUT2D eigenvalue weighted by atomic mass is 16.5. The second kappa shape index (κ2) is 8.16. The number of rotatable bonds is 6. The van der Waals surface area contributed by atoms with Crippen LogP contribution in [0.5, 0.6) is 0 Å². The zero-order chi connectivity index (χ0) is 22.3. The Morgan fingerprint density at radius 1 is 1.19 bits per heavy atom. The highest BCUT2D eigenvalue weighted by molar-refractivity contribution is 5.79. The van der Waals surface area contributed by atoms with Gasteiger partial charge in [-0.2, -0.15) is 4.98 Å². The fourth-order valence-electron chi connectivity index (χ4n) is 5.57. The molecule has 3 atom stereocenters. The molecule has 32 heavy (non-hydrogen) atoms. The predicted molar refractivity (Wildman–Crippen MR) is 117 cm³/mol. The van der Waals surface area contributed by atoms with Crippen LogP contribution in [0.1, 0.15) is 47.1 Å². The van der Waals surface area contributed by atoms with Crippen molar-refractivity contribution >= 4 is 5.91 Å². The van der Waals surface area contributed by atoms with Gasteiger partial charge >= 0.3 is 0 Å². The molecule has 1 N–H and O–H groups in total. The summed E-state index contributed by atoms with van der Waals surface area (Å²) < 4.78 is 10.9. The first-order chi connectivity index (χ1) is 15.4. The summed E-state index contributed by atoms with van der Waals surface area (Å²) in [5, 5.41) is 11.3. The van der Waals surface area contributed by atoms with Crippen LogP contribution < -0.4 is 5.32 Å². The summed E-state index contributed by atoms with van der Waals surface area (Å²) in [5.41, 5.74) is 2.72. The van der Waals surface area contributed by atoms with E-state index >= 15 is 0 Å². The number of aryl methyl sites for hydroxylation is 3. The van der Waals surface area contributed by atoms with E-state index in [-0.39, 0.29) is 23.8 Å². The van der Waals surface area contributed by atoms with Crippen LogP contribution >= 0.6 is 0 Å². The first-order valence-corrected chi connectivity index (χ1v) is 11.2. The van der Waals surface area contributed by atoms with Gasteiger partial charge in [-0.05, 0) is 45.1 Å². The molecule has 3 aromatic rings. The van der Waals surface area contributed by atoms with Crippen molar-refractivity contribution in [1.82, 2.24) is 25.5 Å². The van der Waals surface area contributed by atoms with Gasteiger partial charge in [0.15, 0.2) is 5.82 Å². The van der Waals surface area contributed by atoms with Gasteiger partial charge in [0.2, 0.25) is 11.8 Å². The van der Waals surface area contributed by atoms with Gasteiger partial charge < -0.3 is 14.4 Å². The second-order valence-corrected chi connectivity index (χ2v) is 9.34. The van der Waals surface area contributed by atoms with Gasteiger partial charge in [0.25, 0.3) is 0 Å². The number of aromatic nitrogens is 3. The molecule has 1 aromatic carbocycles. The summed E-state index contributed by atoms with van der Waals surface area (Å²) in [5.74, 6) is 2.42. The molecule has 0 radical (unpaired) electrons. The Kier molecular flexibility index (Phi) is 5.33. The molecule has 0 bridgehead atoms. The molecule has 1 saturated carbocycles. The summed E-state index contributed by atoms with van der Waals surface area (Å²) in [6, 6.07) is 10.6. The molecular formula is C24H29N5O3. The van der Waals surface area contributed by atoms with Crippen molar-refractivity contribution < 1.29 is 13.8 Å². The number of carbonyl (C=O) groups excluding carboxylic acids is 1. The number of hydrogen-bond acceptors (Lipinski definition) is 7. The van der Waals surface area contributed by atoms with Crippen molar-refractivity contribution in [3.05, 3.63) is 64.6 Å². The summed E-state index contributed by atoms with van der Waals surface area (Å²) in [4.78, 5) is 19.9. The monoisotopic (exact) mass is 435 g/mol. The van der Waals surface area contributed by atoms with E-state index in [0.717, 1.165) is 43.7 Å². The Bertz CT molecular complexity index is 1090. The van der Waals surface area contributed by atoms with Crippen LogP contribution in [0.4, 0.5) is 0 Å². The van der Waals surface area contributed by atoms with E-state index in [4.69, 9.17) is 9.05 Å². The summed E-state index contributed by atoms with van der Waals surface area (Å²) in [6.07, 6.45) is 1.99. The first kappa shape index (κ1) is 20.9. The van der Waals surface area contributed by atoms with Crippen LogP contribution in [0.25, 0.3) is 0 Å². The van der Waals surface area contributed by atoms with Crippen LogP contribution in [0.15, 0.2) is 39.4 Å². The molecule has 1 saturated heterocycles. The van der Waals surface area contributed by atoms with E-state index in [1.165, 1.54) is 5.56 Å². The van der Waals surface area contributed by atoms with Gasteiger partial charge in [0.05, 0.1) is 17.5 Å². The third kappa shape index (κ3) is 3.83. The number of hydrogen-bond donors (Lipinski definition) is 1. The summed E-state index contributed by atoms with van der Waals surface area (Å²) >= 11 is 0. The summed E-state index contributed by atoms with van der Waals surface area (Å²) in [7, 11) is 0. The molecule has 1 amide bonds. The number of nitrogens with one attached hydrogen (secondary N) is 1. The van der Waals surface area contributed by atoms with Crippen molar-refractivity contribution in [1.29, 1.82) is 0 Å². The Morgan fingerprint density at radius 3 is 2.69 bits per heavy atom.